The molecule has 0 unspecified atom stereocenters. The lowest BCUT2D eigenvalue weighted by Gasteiger charge is -2.08. The van der Waals surface area contributed by atoms with E-state index in [1.807, 2.05) is 37.6 Å². The van der Waals surface area contributed by atoms with Gasteiger partial charge < -0.3 is 10.6 Å². The van der Waals surface area contributed by atoms with E-state index < -0.39 is 0 Å². The smallest absolute Gasteiger partial charge is 0.272 e. The predicted molar refractivity (Wildman–Crippen MR) is 101 cm³/mol. The number of carbonyl (C=O) groups excluding carboxylic acids is 2. The SMILES string of the molecule is Cc1ccc(-n2nc(C(=O)NCCNC(=O)C(C)C)c3c2CCC3)cc1. The van der Waals surface area contributed by atoms with Gasteiger partial charge in [-0.25, -0.2) is 4.68 Å². The van der Waals surface area contributed by atoms with Crippen LogP contribution < -0.4 is 10.6 Å². The summed E-state index contributed by atoms with van der Waals surface area (Å²) in [7, 11) is 0. The van der Waals surface area contributed by atoms with Gasteiger partial charge in [0.25, 0.3) is 5.91 Å². The number of aryl methyl sites for hydroxylation is 1. The van der Waals surface area contributed by atoms with Crippen molar-refractivity contribution in [1.29, 1.82) is 0 Å². The predicted octanol–water partition coefficient (Wildman–Crippen LogP) is 2.17. The van der Waals surface area contributed by atoms with Gasteiger partial charge in [0, 0.05) is 30.3 Å². The summed E-state index contributed by atoms with van der Waals surface area (Å²) in [6, 6.07) is 8.17. The maximum absolute atomic E-state index is 12.6. The molecule has 138 valence electrons. The summed E-state index contributed by atoms with van der Waals surface area (Å²) in [5, 5.41) is 10.3. The summed E-state index contributed by atoms with van der Waals surface area (Å²) < 4.78 is 1.90. The van der Waals surface area contributed by atoms with E-state index in [4.69, 9.17) is 0 Å². The molecule has 3 rings (SSSR count). The van der Waals surface area contributed by atoms with Crippen molar-refractivity contribution in [2.45, 2.75) is 40.0 Å². The molecule has 6 nitrogen and oxygen atoms in total. The lowest BCUT2D eigenvalue weighted by molar-refractivity contribution is -0.123. The molecule has 1 aliphatic rings. The van der Waals surface area contributed by atoms with Crippen LogP contribution >= 0.6 is 0 Å². The molecule has 0 saturated carbocycles. The minimum absolute atomic E-state index is 0.0104. The fourth-order valence-electron chi connectivity index (χ4n) is 3.17. The summed E-state index contributed by atoms with van der Waals surface area (Å²) in [6.07, 6.45) is 2.87. The third-order valence-electron chi connectivity index (χ3n) is 4.66. The normalized spacial score (nSPS) is 12.9. The molecule has 0 spiro atoms. The van der Waals surface area contributed by atoms with Gasteiger partial charge in [0.15, 0.2) is 5.69 Å². The first-order valence-electron chi connectivity index (χ1n) is 9.21. The van der Waals surface area contributed by atoms with Gasteiger partial charge in [-0.15, -0.1) is 0 Å². The first kappa shape index (κ1) is 18.2. The van der Waals surface area contributed by atoms with Crippen LogP contribution in [0.3, 0.4) is 0 Å². The first-order chi connectivity index (χ1) is 12.5. The van der Waals surface area contributed by atoms with Crippen LogP contribution in [0.25, 0.3) is 5.69 Å². The summed E-state index contributed by atoms with van der Waals surface area (Å²) in [5.74, 6) is -0.240. The van der Waals surface area contributed by atoms with Crippen LogP contribution in [0.4, 0.5) is 0 Å². The molecule has 6 heteroatoms. The number of carbonyl (C=O) groups is 2. The summed E-state index contributed by atoms with van der Waals surface area (Å²) in [5.41, 5.74) is 4.87. The van der Waals surface area contributed by atoms with Gasteiger partial charge in [-0.3, -0.25) is 9.59 Å². The number of amides is 2. The Bertz CT molecular complexity index is 806. The monoisotopic (exact) mass is 354 g/mol. The summed E-state index contributed by atoms with van der Waals surface area (Å²) >= 11 is 0. The molecule has 2 amide bonds. The Morgan fingerprint density at radius 3 is 2.50 bits per heavy atom. The Hall–Kier alpha value is -2.63. The van der Waals surface area contributed by atoms with E-state index in [0.717, 1.165) is 36.2 Å². The van der Waals surface area contributed by atoms with Crippen molar-refractivity contribution in [2.24, 2.45) is 5.92 Å². The molecule has 0 saturated heterocycles. The van der Waals surface area contributed by atoms with Gasteiger partial charge in [0.1, 0.15) is 0 Å². The van der Waals surface area contributed by atoms with Crippen LogP contribution in [0.2, 0.25) is 0 Å². The van der Waals surface area contributed by atoms with Gasteiger partial charge >= 0.3 is 0 Å². The minimum atomic E-state index is -0.173. The Balaban J connectivity index is 1.70. The van der Waals surface area contributed by atoms with Crippen LogP contribution in [0.5, 0.6) is 0 Å². The molecular weight excluding hydrogens is 328 g/mol. The van der Waals surface area contributed by atoms with Crippen LogP contribution in [-0.2, 0) is 17.6 Å². The highest BCUT2D eigenvalue weighted by molar-refractivity contribution is 5.94. The molecule has 0 radical (unpaired) electrons. The van der Waals surface area contributed by atoms with E-state index in [-0.39, 0.29) is 17.7 Å². The molecule has 0 atom stereocenters. The van der Waals surface area contributed by atoms with E-state index in [1.54, 1.807) is 0 Å². The lowest BCUT2D eigenvalue weighted by Crippen LogP contribution is -2.36. The van der Waals surface area contributed by atoms with E-state index in [9.17, 15) is 9.59 Å². The highest BCUT2D eigenvalue weighted by atomic mass is 16.2. The third kappa shape index (κ3) is 3.79. The second-order valence-electron chi connectivity index (χ2n) is 7.08. The van der Waals surface area contributed by atoms with Gasteiger partial charge in [-0.05, 0) is 38.3 Å². The fourth-order valence-corrected chi connectivity index (χ4v) is 3.17. The third-order valence-corrected chi connectivity index (χ3v) is 4.66. The van der Waals surface area contributed by atoms with Crippen molar-refractivity contribution in [2.75, 3.05) is 13.1 Å². The molecule has 1 aromatic heterocycles. The molecule has 1 aromatic carbocycles. The standard InChI is InChI=1S/C20H26N4O2/c1-13(2)19(25)21-11-12-22-20(26)18-16-5-4-6-17(16)24(23-18)15-9-7-14(3)8-10-15/h7-10,13H,4-6,11-12H2,1-3H3,(H,21,25)(H,22,26). The number of fused-ring (bicyclic) bond motifs is 1. The zero-order valence-electron chi connectivity index (χ0n) is 15.6. The topological polar surface area (TPSA) is 76.0 Å². The maximum Gasteiger partial charge on any atom is 0.272 e. The van der Waals surface area contributed by atoms with Gasteiger partial charge in [0.2, 0.25) is 5.91 Å². The summed E-state index contributed by atoms with van der Waals surface area (Å²) in [4.78, 5) is 24.1. The molecule has 26 heavy (non-hydrogen) atoms. The van der Waals surface area contributed by atoms with Gasteiger partial charge in [-0.2, -0.15) is 5.10 Å². The zero-order chi connectivity index (χ0) is 18.7. The molecule has 2 aromatic rings. The Morgan fingerprint density at radius 1 is 1.12 bits per heavy atom. The van der Waals surface area contributed by atoms with Crippen molar-refractivity contribution >= 4 is 11.8 Å². The highest BCUT2D eigenvalue weighted by Gasteiger charge is 2.26. The second-order valence-corrected chi connectivity index (χ2v) is 7.08. The van der Waals surface area contributed by atoms with E-state index in [1.165, 1.54) is 5.56 Å². The molecule has 1 aliphatic carbocycles. The summed E-state index contributed by atoms with van der Waals surface area (Å²) in [6.45, 7) is 6.55. The quantitative estimate of drug-likeness (QED) is 0.781. The molecule has 1 heterocycles. The van der Waals surface area contributed by atoms with Crippen LogP contribution in [0, 0.1) is 12.8 Å². The Kier molecular flexibility index (Phi) is 5.40. The van der Waals surface area contributed by atoms with Crippen LogP contribution in [0.1, 0.15) is 47.6 Å². The number of benzene rings is 1. The van der Waals surface area contributed by atoms with Crippen molar-refractivity contribution in [3.8, 4) is 5.69 Å². The van der Waals surface area contributed by atoms with Crippen molar-refractivity contribution in [3.05, 3.63) is 46.8 Å². The molecule has 0 fully saturated rings. The first-order valence-corrected chi connectivity index (χ1v) is 9.21. The highest BCUT2D eigenvalue weighted by Crippen LogP contribution is 2.27. The molecule has 0 aliphatic heterocycles. The van der Waals surface area contributed by atoms with Gasteiger partial charge in [0.05, 0.1) is 5.69 Å². The lowest BCUT2D eigenvalue weighted by atomic mass is 10.2. The molecule has 0 bridgehead atoms. The Morgan fingerprint density at radius 2 is 1.81 bits per heavy atom. The zero-order valence-corrected chi connectivity index (χ0v) is 15.6. The van der Waals surface area contributed by atoms with Crippen molar-refractivity contribution in [1.82, 2.24) is 20.4 Å². The van der Waals surface area contributed by atoms with Crippen LogP contribution in [0.15, 0.2) is 24.3 Å². The molecular formula is C20H26N4O2. The number of hydrogen-bond acceptors (Lipinski definition) is 3. The average Bonchev–Trinajstić information content (AvgIpc) is 3.21. The Labute approximate surface area is 154 Å². The fraction of sp³-hybridized carbons (Fsp3) is 0.450. The largest absolute Gasteiger partial charge is 0.354 e. The molecule has 2 N–H and O–H groups in total. The van der Waals surface area contributed by atoms with E-state index in [2.05, 4.69) is 27.9 Å². The van der Waals surface area contributed by atoms with E-state index in [0.29, 0.717) is 18.8 Å². The minimum Gasteiger partial charge on any atom is -0.354 e. The van der Waals surface area contributed by atoms with Crippen LogP contribution in [-0.4, -0.2) is 34.7 Å². The van der Waals surface area contributed by atoms with E-state index >= 15 is 0 Å². The van der Waals surface area contributed by atoms with Crippen molar-refractivity contribution in [3.63, 3.8) is 0 Å². The maximum atomic E-state index is 12.6. The number of nitrogens with one attached hydrogen (secondary N) is 2. The van der Waals surface area contributed by atoms with Crippen molar-refractivity contribution < 1.29 is 9.59 Å². The number of hydrogen-bond donors (Lipinski definition) is 2. The average molecular weight is 354 g/mol. The second kappa shape index (κ2) is 7.72. The number of rotatable bonds is 6. The number of aromatic nitrogens is 2. The van der Waals surface area contributed by atoms with Gasteiger partial charge in [-0.1, -0.05) is 31.5 Å². The number of nitrogens with zero attached hydrogens (tertiary/aromatic N) is 2.